The number of rotatable bonds is 4. The van der Waals surface area contributed by atoms with Crippen molar-refractivity contribution in [1.82, 2.24) is 0 Å². The summed E-state index contributed by atoms with van der Waals surface area (Å²) in [5, 5.41) is 3.50. The molecule has 3 heteroatoms. The van der Waals surface area contributed by atoms with Gasteiger partial charge in [0.1, 0.15) is 0 Å². The molecule has 0 spiro atoms. The SMILES string of the molecule is CCc1cccc(C)c1NCC1COCCO1. The lowest BCUT2D eigenvalue weighted by molar-refractivity contribution is -0.0818. The fraction of sp³-hybridized carbons (Fsp3) is 0.571. The van der Waals surface area contributed by atoms with E-state index in [9.17, 15) is 0 Å². The molecule has 1 fully saturated rings. The smallest absolute Gasteiger partial charge is 0.0981 e. The highest BCUT2D eigenvalue weighted by atomic mass is 16.6. The Morgan fingerprint density at radius 3 is 2.94 bits per heavy atom. The Labute approximate surface area is 103 Å². The molecular formula is C14H21NO2. The number of aryl methyl sites for hydroxylation is 2. The second kappa shape index (κ2) is 6.03. The molecule has 94 valence electrons. The summed E-state index contributed by atoms with van der Waals surface area (Å²) in [6.45, 7) is 7.26. The van der Waals surface area contributed by atoms with Crippen molar-refractivity contribution >= 4 is 5.69 Å². The van der Waals surface area contributed by atoms with Crippen LogP contribution in [-0.2, 0) is 15.9 Å². The lowest BCUT2D eigenvalue weighted by Crippen LogP contribution is -2.34. The van der Waals surface area contributed by atoms with Crippen LogP contribution in [0, 0.1) is 6.92 Å². The van der Waals surface area contributed by atoms with E-state index in [1.165, 1.54) is 16.8 Å². The van der Waals surface area contributed by atoms with Crippen LogP contribution in [0.25, 0.3) is 0 Å². The fourth-order valence-electron chi connectivity index (χ4n) is 2.15. The van der Waals surface area contributed by atoms with Gasteiger partial charge < -0.3 is 14.8 Å². The molecule has 0 radical (unpaired) electrons. The standard InChI is InChI=1S/C14H21NO2/c1-3-12-6-4-5-11(2)14(12)15-9-13-10-16-7-8-17-13/h4-6,13,15H,3,7-10H2,1-2H3. The van der Waals surface area contributed by atoms with Crippen LogP contribution in [0.4, 0.5) is 5.69 Å². The van der Waals surface area contributed by atoms with E-state index < -0.39 is 0 Å². The highest BCUT2D eigenvalue weighted by Crippen LogP contribution is 2.21. The van der Waals surface area contributed by atoms with Gasteiger partial charge in [-0.3, -0.25) is 0 Å². The molecule has 0 saturated carbocycles. The Bertz CT molecular complexity index is 359. The van der Waals surface area contributed by atoms with Crippen molar-refractivity contribution in [2.24, 2.45) is 0 Å². The molecule has 3 nitrogen and oxygen atoms in total. The first kappa shape index (κ1) is 12.4. The van der Waals surface area contributed by atoms with Crippen LogP contribution in [0.2, 0.25) is 0 Å². The van der Waals surface area contributed by atoms with Crippen LogP contribution in [0.15, 0.2) is 18.2 Å². The summed E-state index contributed by atoms with van der Waals surface area (Å²) in [7, 11) is 0. The highest BCUT2D eigenvalue weighted by Gasteiger charge is 2.14. The van der Waals surface area contributed by atoms with Crippen molar-refractivity contribution < 1.29 is 9.47 Å². The third-order valence-electron chi connectivity index (χ3n) is 3.13. The number of hydrogen-bond donors (Lipinski definition) is 1. The first-order valence-electron chi connectivity index (χ1n) is 6.33. The summed E-state index contributed by atoms with van der Waals surface area (Å²) in [6.07, 6.45) is 1.22. The topological polar surface area (TPSA) is 30.5 Å². The third-order valence-corrected chi connectivity index (χ3v) is 3.13. The van der Waals surface area contributed by atoms with E-state index in [0.717, 1.165) is 19.6 Å². The van der Waals surface area contributed by atoms with E-state index in [2.05, 4.69) is 37.4 Å². The van der Waals surface area contributed by atoms with E-state index in [1.807, 2.05) is 0 Å². The predicted molar refractivity (Wildman–Crippen MR) is 69.6 cm³/mol. The Morgan fingerprint density at radius 1 is 1.35 bits per heavy atom. The molecule has 1 atom stereocenters. The zero-order chi connectivity index (χ0) is 12.1. The fourth-order valence-corrected chi connectivity index (χ4v) is 2.15. The van der Waals surface area contributed by atoms with Gasteiger partial charge in [-0.05, 0) is 24.5 Å². The number of benzene rings is 1. The van der Waals surface area contributed by atoms with Gasteiger partial charge in [0.05, 0.1) is 25.9 Å². The molecule has 1 heterocycles. The maximum absolute atomic E-state index is 5.63. The number of para-hydroxylation sites is 1. The van der Waals surface area contributed by atoms with E-state index in [0.29, 0.717) is 13.2 Å². The van der Waals surface area contributed by atoms with Gasteiger partial charge >= 0.3 is 0 Å². The average Bonchev–Trinajstić information content (AvgIpc) is 2.38. The van der Waals surface area contributed by atoms with Crippen LogP contribution in [0.1, 0.15) is 18.1 Å². The number of nitrogens with one attached hydrogen (secondary N) is 1. The summed E-state index contributed by atoms with van der Waals surface area (Å²) < 4.78 is 11.0. The summed E-state index contributed by atoms with van der Waals surface area (Å²) in [5.74, 6) is 0. The van der Waals surface area contributed by atoms with Gasteiger partial charge in [-0.15, -0.1) is 0 Å². The van der Waals surface area contributed by atoms with Gasteiger partial charge in [-0.25, -0.2) is 0 Å². The Hall–Kier alpha value is -1.06. The lowest BCUT2D eigenvalue weighted by Gasteiger charge is -2.24. The molecule has 0 amide bonds. The largest absolute Gasteiger partial charge is 0.382 e. The highest BCUT2D eigenvalue weighted by molar-refractivity contribution is 5.57. The van der Waals surface area contributed by atoms with Crippen LogP contribution >= 0.6 is 0 Å². The Balaban J connectivity index is 1.97. The number of hydrogen-bond acceptors (Lipinski definition) is 3. The average molecular weight is 235 g/mol. The van der Waals surface area contributed by atoms with Crippen molar-refractivity contribution in [2.75, 3.05) is 31.7 Å². The van der Waals surface area contributed by atoms with Gasteiger partial charge in [0, 0.05) is 12.2 Å². The zero-order valence-electron chi connectivity index (χ0n) is 10.7. The van der Waals surface area contributed by atoms with Crippen molar-refractivity contribution in [3.63, 3.8) is 0 Å². The molecule has 0 bridgehead atoms. The van der Waals surface area contributed by atoms with Gasteiger partial charge in [-0.2, -0.15) is 0 Å². The molecule has 1 N–H and O–H groups in total. The van der Waals surface area contributed by atoms with Crippen molar-refractivity contribution in [3.05, 3.63) is 29.3 Å². The molecule has 1 unspecified atom stereocenters. The van der Waals surface area contributed by atoms with Crippen molar-refractivity contribution in [1.29, 1.82) is 0 Å². The zero-order valence-corrected chi connectivity index (χ0v) is 10.7. The lowest BCUT2D eigenvalue weighted by atomic mass is 10.1. The third kappa shape index (κ3) is 3.20. The second-order valence-electron chi connectivity index (χ2n) is 4.41. The summed E-state index contributed by atoms with van der Waals surface area (Å²) in [4.78, 5) is 0. The molecule has 0 aromatic heterocycles. The Kier molecular flexibility index (Phi) is 4.40. The van der Waals surface area contributed by atoms with Gasteiger partial charge in [0.2, 0.25) is 0 Å². The normalized spacial score (nSPS) is 20.2. The maximum atomic E-state index is 5.63. The second-order valence-corrected chi connectivity index (χ2v) is 4.41. The number of ether oxygens (including phenoxy) is 2. The van der Waals surface area contributed by atoms with Crippen LogP contribution < -0.4 is 5.32 Å². The number of anilines is 1. The minimum atomic E-state index is 0.174. The van der Waals surface area contributed by atoms with Crippen molar-refractivity contribution in [2.45, 2.75) is 26.4 Å². The quantitative estimate of drug-likeness (QED) is 0.869. The minimum Gasteiger partial charge on any atom is -0.382 e. The van der Waals surface area contributed by atoms with Crippen molar-refractivity contribution in [3.8, 4) is 0 Å². The maximum Gasteiger partial charge on any atom is 0.0981 e. The van der Waals surface area contributed by atoms with E-state index in [1.54, 1.807) is 0 Å². The van der Waals surface area contributed by atoms with Crippen LogP contribution in [0.3, 0.4) is 0 Å². The molecule has 1 aliphatic heterocycles. The summed E-state index contributed by atoms with van der Waals surface area (Å²) in [6, 6.07) is 6.42. The molecule has 17 heavy (non-hydrogen) atoms. The molecule has 1 aliphatic rings. The minimum absolute atomic E-state index is 0.174. The molecule has 1 aromatic carbocycles. The molecular weight excluding hydrogens is 214 g/mol. The van der Waals surface area contributed by atoms with E-state index >= 15 is 0 Å². The van der Waals surface area contributed by atoms with Gasteiger partial charge in [-0.1, -0.05) is 25.1 Å². The monoisotopic (exact) mass is 235 g/mol. The first-order valence-corrected chi connectivity index (χ1v) is 6.33. The molecule has 2 rings (SSSR count). The molecule has 1 saturated heterocycles. The van der Waals surface area contributed by atoms with Crippen LogP contribution in [-0.4, -0.2) is 32.5 Å². The molecule has 0 aliphatic carbocycles. The Morgan fingerprint density at radius 2 is 2.24 bits per heavy atom. The summed E-state index contributed by atoms with van der Waals surface area (Å²) >= 11 is 0. The van der Waals surface area contributed by atoms with Crippen LogP contribution in [0.5, 0.6) is 0 Å². The van der Waals surface area contributed by atoms with Gasteiger partial charge in [0.15, 0.2) is 0 Å². The van der Waals surface area contributed by atoms with E-state index in [4.69, 9.17) is 9.47 Å². The summed E-state index contributed by atoms with van der Waals surface area (Å²) in [5.41, 5.74) is 3.91. The first-order chi connectivity index (χ1) is 8.31. The van der Waals surface area contributed by atoms with Gasteiger partial charge in [0.25, 0.3) is 0 Å². The molecule has 1 aromatic rings. The van der Waals surface area contributed by atoms with E-state index in [-0.39, 0.29) is 6.10 Å². The predicted octanol–water partition coefficient (Wildman–Crippen LogP) is 2.38.